The number of aliphatic hydroxyl groups excluding tert-OH is 1. The fourth-order valence-electron chi connectivity index (χ4n) is 1.56. The molecule has 0 amide bonds. The van der Waals surface area contributed by atoms with Crippen LogP contribution in [0.3, 0.4) is 0 Å². The van der Waals surface area contributed by atoms with E-state index >= 15 is 0 Å². The number of methoxy groups -OCH3 is 1. The molecule has 0 saturated heterocycles. The number of aliphatic hydroxyl groups is 1. The first-order chi connectivity index (χ1) is 8.60. The van der Waals surface area contributed by atoms with Gasteiger partial charge in [0, 0.05) is 20.7 Å². The summed E-state index contributed by atoms with van der Waals surface area (Å²) in [6.45, 7) is 0.356. The summed E-state index contributed by atoms with van der Waals surface area (Å²) in [7, 11) is 3.10. The first-order valence-corrected chi connectivity index (χ1v) is 5.46. The maximum absolute atomic E-state index is 11.0. The number of hydrogen-bond donors (Lipinski definition) is 3. The van der Waals surface area contributed by atoms with E-state index in [9.17, 15) is 15.2 Å². The zero-order valence-corrected chi connectivity index (χ0v) is 10.3. The predicted molar refractivity (Wildman–Crippen MR) is 69.0 cm³/mol. The van der Waals surface area contributed by atoms with Crippen LogP contribution < -0.4 is 10.6 Å². The Morgan fingerprint density at radius 1 is 1.50 bits per heavy atom. The molecule has 0 saturated carbocycles. The van der Waals surface area contributed by atoms with E-state index in [1.807, 2.05) is 0 Å². The van der Waals surface area contributed by atoms with E-state index in [-0.39, 0.29) is 18.8 Å². The zero-order chi connectivity index (χ0) is 13.5. The van der Waals surface area contributed by atoms with Gasteiger partial charge in [0.25, 0.3) is 0 Å². The van der Waals surface area contributed by atoms with Gasteiger partial charge in [0.05, 0.1) is 17.6 Å². The highest BCUT2D eigenvalue weighted by atomic mass is 16.6. The number of nitrogens with one attached hydrogen (secondary N) is 2. The smallest absolute Gasteiger partial charge is 0.315 e. The first-order valence-electron chi connectivity index (χ1n) is 5.46. The van der Waals surface area contributed by atoms with Gasteiger partial charge >= 0.3 is 5.69 Å². The molecule has 18 heavy (non-hydrogen) atoms. The van der Waals surface area contributed by atoms with Crippen molar-refractivity contribution in [3.8, 4) is 0 Å². The Balaban J connectivity index is 2.85. The lowest BCUT2D eigenvalue weighted by Crippen LogP contribution is -2.24. The van der Waals surface area contributed by atoms with Crippen molar-refractivity contribution in [3.63, 3.8) is 0 Å². The van der Waals surface area contributed by atoms with Crippen LogP contribution in [0.1, 0.15) is 0 Å². The molecular weight excluding hydrogens is 238 g/mol. The molecule has 0 fully saturated rings. The normalized spacial score (nSPS) is 11.9. The van der Waals surface area contributed by atoms with E-state index in [0.717, 1.165) is 0 Å². The summed E-state index contributed by atoms with van der Waals surface area (Å²) in [4.78, 5) is 10.5. The summed E-state index contributed by atoms with van der Waals surface area (Å²) in [6, 6.07) is 4.91. The van der Waals surface area contributed by atoms with Crippen LogP contribution in [0.25, 0.3) is 0 Å². The van der Waals surface area contributed by atoms with Crippen LogP contribution in [0.15, 0.2) is 18.2 Å². The number of nitro groups is 1. The molecule has 3 N–H and O–H groups in total. The average molecular weight is 255 g/mol. The number of rotatable bonds is 7. The summed E-state index contributed by atoms with van der Waals surface area (Å²) >= 11 is 0. The second-order valence-electron chi connectivity index (χ2n) is 3.70. The molecule has 1 aromatic carbocycles. The Morgan fingerprint density at radius 3 is 2.72 bits per heavy atom. The van der Waals surface area contributed by atoms with Gasteiger partial charge in [0.2, 0.25) is 0 Å². The number of nitrogens with zero attached hydrogens (tertiary/aromatic N) is 1. The Labute approximate surface area is 105 Å². The van der Waals surface area contributed by atoms with Gasteiger partial charge in [-0.2, -0.15) is 0 Å². The van der Waals surface area contributed by atoms with Crippen molar-refractivity contribution >= 4 is 17.1 Å². The minimum Gasteiger partial charge on any atom is -0.389 e. The van der Waals surface area contributed by atoms with E-state index < -0.39 is 11.0 Å². The van der Waals surface area contributed by atoms with Crippen LogP contribution in [0.2, 0.25) is 0 Å². The highest BCUT2D eigenvalue weighted by Crippen LogP contribution is 2.32. The van der Waals surface area contributed by atoms with Crippen LogP contribution in [0.5, 0.6) is 0 Å². The number of nitro benzene ring substituents is 1. The molecule has 1 rings (SSSR count). The van der Waals surface area contributed by atoms with Crippen LogP contribution in [0.4, 0.5) is 17.1 Å². The largest absolute Gasteiger partial charge is 0.389 e. The maximum Gasteiger partial charge on any atom is 0.315 e. The van der Waals surface area contributed by atoms with Gasteiger partial charge < -0.3 is 20.5 Å². The number of ether oxygens (including phenoxy) is 1. The molecule has 0 radical (unpaired) electrons. The SMILES string of the molecule is CNc1cccc(NCC(O)COC)c1[N+](=O)[O-]. The molecule has 0 heterocycles. The molecule has 100 valence electrons. The molecule has 1 aromatic rings. The minimum absolute atomic E-state index is 0.0374. The van der Waals surface area contributed by atoms with Gasteiger partial charge in [-0.15, -0.1) is 0 Å². The molecule has 0 aliphatic rings. The first kappa shape index (κ1) is 14.2. The molecule has 1 unspecified atom stereocenters. The van der Waals surface area contributed by atoms with Gasteiger partial charge in [-0.25, -0.2) is 0 Å². The molecule has 0 spiro atoms. The predicted octanol–water partition coefficient (Wildman–Crippen LogP) is 1.06. The van der Waals surface area contributed by atoms with E-state index in [0.29, 0.717) is 11.4 Å². The zero-order valence-electron chi connectivity index (χ0n) is 10.3. The summed E-state index contributed by atoms with van der Waals surface area (Å²) in [5.41, 5.74) is 0.748. The van der Waals surface area contributed by atoms with Gasteiger partial charge in [-0.3, -0.25) is 10.1 Å². The van der Waals surface area contributed by atoms with E-state index in [2.05, 4.69) is 10.6 Å². The molecule has 0 bridgehead atoms. The molecule has 1 atom stereocenters. The van der Waals surface area contributed by atoms with E-state index in [1.54, 1.807) is 25.2 Å². The minimum atomic E-state index is -0.715. The Kier molecular flexibility index (Phi) is 5.34. The summed E-state index contributed by atoms with van der Waals surface area (Å²) in [5, 5.41) is 26.1. The summed E-state index contributed by atoms with van der Waals surface area (Å²) < 4.78 is 4.78. The highest BCUT2D eigenvalue weighted by molar-refractivity contribution is 5.76. The molecule has 7 nitrogen and oxygen atoms in total. The third-order valence-corrected chi connectivity index (χ3v) is 2.38. The van der Waals surface area contributed by atoms with Crippen LogP contribution in [0, 0.1) is 10.1 Å². The topological polar surface area (TPSA) is 96.7 Å². The van der Waals surface area contributed by atoms with Crippen molar-refractivity contribution in [1.29, 1.82) is 0 Å². The van der Waals surface area contributed by atoms with Crippen molar-refractivity contribution in [2.45, 2.75) is 6.10 Å². The van der Waals surface area contributed by atoms with Crippen molar-refractivity contribution < 1.29 is 14.8 Å². The van der Waals surface area contributed by atoms with Crippen LogP contribution >= 0.6 is 0 Å². The van der Waals surface area contributed by atoms with Gasteiger partial charge in [0.15, 0.2) is 0 Å². The van der Waals surface area contributed by atoms with Gasteiger partial charge in [-0.05, 0) is 12.1 Å². The standard InChI is InChI=1S/C11H17N3O4/c1-12-9-4-3-5-10(11(9)14(16)17)13-6-8(15)7-18-2/h3-5,8,12-13,15H,6-7H2,1-2H3. The lowest BCUT2D eigenvalue weighted by molar-refractivity contribution is -0.383. The monoisotopic (exact) mass is 255 g/mol. The van der Waals surface area contributed by atoms with E-state index in [1.165, 1.54) is 7.11 Å². The fraction of sp³-hybridized carbons (Fsp3) is 0.455. The molecule has 0 aromatic heterocycles. The number of para-hydroxylation sites is 1. The summed E-state index contributed by atoms with van der Waals surface area (Å²) in [5.74, 6) is 0. The second kappa shape index (κ2) is 6.77. The number of hydrogen-bond acceptors (Lipinski definition) is 6. The molecule has 0 aliphatic heterocycles. The fourth-order valence-corrected chi connectivity index (χ4v) is 1.56. The molecule has 0 aliphatic carbocycles. The van der Waals surface area contributed by atoms with Gasteiger partial charge in [0.1, 0.15) is 11.4 Å². The van der Waals surface area contributed by atoms with Crippen LogP contribution in [-0.2, 0) is 4.74 Å². The second-order valence-corrected chi connectivity index (χ2v) is 3.70. The summed E-state index contributed by atoms with van der Waals surface area (Å²) in [6.07, 6.45) is -0.715. The Bertz CT molecular complexity index is 411. The quantitative estimate of drug-likeness (QED) is 0.498. The number of anilines is 2. The Morgan fingerprint density at radius 2 is 2.17 bits per heavy atom. The third kappa shape index (κ3) is 3.57. The molecular formula is C11H17N3O4. The third-order valence-electron chi connectivity index (χ3n) is 2.38. The molecule has 7 heteroatoms. The van der Waals surface area contributed by atoms with Crippen LogP contribution in [-0.4, -0.2) is 43.4 Å². The van der Waals surface area contributed by atoms with Gasteiger partial charge in [-0.1, -0.05) is 6.07 Å². The maximum atomic E-state index is 11.0. The van der Waals surface area contributed by atoms with Crippen molar-refractivity contribution in [1.82, 2.24) is 0 Å². The lowest BCUT2D eigenvalue weighted by Gasteiger charge is -2.13. The lowest BCUT2D eigenvalue weighted by atomic mass is 10.2. The highest BCUT2D eigenvalue weighted by Gasteiger charge is 2.19. The van der Waals surface area contributed by atoms with Crippen molar-refractivity contribution in [2.75, 3.05) is 37.9 Å². The van der Waals surface area contributed by atoms with Crippen molar-refractivity contribution in [2.24, 2.45) is 0 Å². The number of benzene rings is 1. The van der Waals surface area contributed by atoms with E-state index in [4.69, 9.17) is 4.74 Å². The Hall–Kier alpha value is -1.86. The van der Waals surface area contributed by atoms with Crippen molar-refractivity contribution in [3.05, 3.63) is 28.3 Å². The average Bonchev–Trinajstić information content (AvgIpc) is 2.35.